The van der Waals surface area contributed by atoms with Crippen molar-refractivity contribution >= 4 is 17.3 Å². The number of carbonyl (C=O) groups is 1. The van der Waals surface area contributed by atoms with E-state index in [1.807, 2.05) is 0 Å². The summed E-state index contributed by atoms with van der Waals surface area (Å²) in [6, 6.07) is 5.08. The van der Waals surface area contributed by atoms with E-state index in [9.17, 15) is 4.79 Å². The van der Waals surface area contributed by atoms with Gasteiger partial charge in [0.25, 0.3) is 0 Å². The molecule has 1 aromatic rings. The number of carbonyl (C=O) groups excluding carboxylic acids is 1. The molecule has 0 saturated carbocycles. The van der Waals surface area contributed by atoms with Gasteiger partial charge in [-0.25, -0.2) is 9.64 Å². The van der Waals surface area contributed by atoms with Gasteiger partial charge in [-0.1, -0.05) is 6.07 Å². The molecule has 5 nitrogen and oxygen atoms in total. The predicted molar refractivity (Wildman–Crippen MR) is 67.1 cm³/mol. The average Bonchev–Trinajstić information content (AvgIpc) is 2.46. The van der Waals surface area contributed by atoms with E-state index < -0.39 is 5.97 Å². The van der Waals surface area contributed by atoms with Crippen molar-refractivity contribution in [2.45, 2.75) is 0 Å². The Balaban J connectivity index is 2.39. The van der Waals surface area contributed by atoms with Crippen molar-refractivity contribution in [3.05, 3.63) is 35.2 Å². The third kappa shape index (κ3) is 2.44. The van der Waals surface area contributed by atoms with Crippen LogP contribution in [0.5, 0.6) is 0 Å². The Kier molecular flexibility index (Phi) is 3.80. The van der Waals surface area contributed by atoms with E-state index >= 15 is 0 Å². The molecule has 2 rings (SSSR count). The van der Waals surface area contributed by atoms with E-state index in [4.69, 9.17) is 16.0 Å². The molecule has 0 unspecified atom stereocenters. The molecule has 5 heteroatoms. The number of ether oxygens (including phenoxy) is 2. The fraction of sp³-hybridized carbons (Fsp3) is 0.385. The smallest absolute Gasteiger partial charge is 0.338 e. The van der Waals surface area contributed by atoms with Crippen LogP contribution in [0.25, 0.3) is 4.85 Å². The number of anilines is 1. The van der Waals surface area contributed by atoms with Crippen molar-refractivity contribution in [2.24, 2.45) is 0 Å². The van der Waals surface area contributed by atoms with Crippen LogP contribution in [0.1, 0.15) is 10.4 Å². The number of esters is 1. The first-order valence-electron chi connectivity index (χ1n) is 5.69. The van der Waals surface area contributed by atoms with Crippen LogP contribution >= 0.6 is 0 Å². The Labute approximate surface area is 106 Å². The molecule has 1 aromatic carbocycles. The first kappa shape index (κ1) is 12.4. The van der Waals surface area contributed by atoms with Gasteiger partial charge in [0.1, 0.15) is 0 Å². The van der Waals surface area contributed by atoms with Gasteiger partial charge in [0.2, 0.25) is 0 Å². The molecule has 0 amide bonds. The van der Waals surface area contributed by atoms with Gasteiger partial charge in [-0.2, -0.15) is 0 Å². The second-order valence-corrected chi connectivity index (χ2v) is 3.90. The van der Waals surface area contributed by atoms with E-state index in [0.29, 0.717) is 24.5 Å². The van der Waals surface area contributed by atoms with Crippen LogP contribution in [-0.4, -0.2) is 39.4 Å². The van der Waals surface area contributed by atoms with Gasteiger partial charge >= 0.3 is 5.97 Å². The lowest BCUT2D eigenvalue weighted by molar-refractivity contribution is 0.0600. The highest BCUT2D eigenvalue weighted by atomic mass is 16.5. The predicted octanol–water partition coefficient (Wildman–Crippen LogP) is 1.86. The zero-order valence-electron chi connectivity index (χ0n) is 10.2. The number of nitrogens with zero attached hydrogens (tertiary/aromatic N) is 2. The first-order chi connectivity index (χ1) is 8.76. The van der Waals surface area contributed by atoms with Crippen molar-refractivity contribution in [1.82, 2.24) is 0 Å². The summed E-state index contributed by atoms with van der Waals surface area (Å²) in [4.78, 5) is 17.2. The summed E-state index contributed by atoms with van der Waals surface area (Å²) >= 11 is 0. The normalized spacial score (nSPS) is 15.0. The molecule has 0 aromatic heterocycles. The zero-order valence-corrected chi connectivity index (χ0v) is 10.2. The fourth-order valence-corrected chi connectivity index (χ4v) is 1.95. The first-order valence-corrected chi connectivity index (χ1v) is 5.69. The highest BCUT2D eigenvalue weighted by Crippen LogP contribution is 2.27. The van der Waals surface area contributed by atoms with Crippen LogP contribution in [0.15, 0.2) is 18.2 Å². The van der Waals surface area contributed by atoms with E-state index in [1.54, 1.807) is 18.2 Å². The zero-order chi connectivity index (χ0) is 13.0. The largest absolute Gasteiger partial charge is 0.465 e. The molecular formula is C13H14N2O3. The second-order valence-electron chi connectivity index (χ2n) is 3.90. The average molecular weight is 246 g/mol. The molecule has 1 heterocycles. The highest BCUT2D eigenvalue weighted by Gasteiger charge is 2.19. The lowest BCUT2D eigenvalue weighted by Crippen LogP contribution is -2.37. The summed E-state index contributed by atoms with van der Waals surface area (Å²) < 4.78 is 10.1. The van der Waals surface area contributed by atoms with Crippen LogP contribution in [-0.2, 0) is 9.47 Å². The van der Waals surface area contributed by atoms with Crippen LogP contribution in [0.2, 0.25) is 0 Å². The van der Waals surface area contributed by atoms with Crippen molar-refractivity contribution in [3.63, 3.8) is 0 Å². The minimum Gasteiger partial charge on any atom is -0.465 e. The Morgan fingerprint density at radius 3 is 2.78 bits per heavy atom. The van der Waals surface area contributed by atoms with Crippen molar-refractivity contribution < 1.29 is 14.3 Å². The summed E-state index contributed by atoms with van der Waals surface area (Å²) in [6.07, 6.45) is 0. The number of benzene rings is 1. The molecule has 1 saturated heterocycles. The highest BCUT2D eigenvalue weighted by molar-refractivity contribution is 5.97. The standard InChI is InChI=1S/C13H14N2O3/c1-14-10-3-4-12(11(9-10)13(16)17-2)15-5-7-18-8-6-15/h3-4,9H,5-8H2,2H3. The van der Waals surface area contributed by atoms with E-state index in [2.05, 4.69) is 9.74 Å². The SMILES string of the molecule is [C-]#[N+]c1ccc(N2CCOCC2)c(C(=O)OC)c1. The summed E-state index contributed by atoms with van der Waals surface area (Å²) in [5, 5.41) is 0. The van der Waals surface area contributed by atoms with Gasteiger partial charge < -0.3 is 14.4 Å². The number of hydrogen-bond acceptors (Lipinski definition) is 4. The number of rotatable bonds is 2. The van der Waals surface area contributed by atoms with Crippen LogP contribution in [0.4, 0.5) is 11.4 Å². The molecule has 1 aliphatic heterocycles. The van der Waals surface area contributed by atoms with Gasteiger partial charge in [0.05, 0.1) is 32.5 Å². The molecule has 1 aliphatic rings. The molecule has 0 aliphatic carbocycles. The van der Waals surface area contributed by atoms with Gasteiger partial charge in [-0.05, 0) is 12.1 Å². The Bertz CT molecular complexity index is 487. The van der Waals surface area contributed by atoms with Crippen LogP contribution < -0.4 is 4.90 Å². The maximum atomic E-state index is 11.8. The third-order valence-electron chi connectivity index (χ3n) is 2.87. The minimum atomic E-state index is -0.415. The van der Waals surface area contributed by atoms with Crippen molar-refractivity contribution in [1.29, 1.82) is 0 Å². The maximum Gasteiger partial charge on any atom is 0.338 e. The Morgan fingerprint density at radius 1 is 1.44 bits per heavy atom. The molecule has 0 N–H and O–H groups in total. The molecule has 94 valence electrons. The van der Waals surface area contributed by atoms with E-state index in [-0.39, 0.29) is 0 Å². The summed E-state index contributed by atoms with van der Waals surface area (Å²) in [7, 11) is 1.34. The maximum absolute atomic E-state index is 11.8. The van der Waals surface area contributed by atoms with E-state index in [1.165, 1.54) is 7.11 Å². The Morgan fingerprint density at radius 2 is 2.17 bits per heavy atom. The fourth-order valence-electron chi connectivity index (χ4n) is 1.95. The molecule has 0 radical (unpaired) electrons. The lowest BCUT2D eigenvalue weighted by atomic mass is 10.1. The lowest BCUT2D eigenvalue weighted by Gasteiger charge is -2.30. The van der Waals surface area contributed by atoms with E-state index in [0.717, 1.165) is 18.8 Å². The van der Waals surface area contributed by atoms with Crippen molar-refractivity contribution in [2.75, 3.05) is 38.3 Å². The third-order valence-corrected chi connectivity index (χ3v) is 2.87. The second kappa shape index (κ2) is 5.52. The van der Waals surface area contributed by atoms with Crippen LogP contribution in [0.3, 0.4) is 0 Å². The van der Waals surface area contributed by atoms with Crippen molar-refractivity contribution in [3.8, 4) is 0 Å². The minimum absolute atomic E-state index is 0.415. The summed E-state index contributed by atoms with van der Waals surface area (Å²) in [5.74, 6) is -0.415. The molecule has 0 spiro atoms. The summed E-state index contributed by atoms with van der Waals surface area (Å²) in [5.41, 5.74) is 1.68. The summed E-state index contributed by atoms with van der Waals surface area (Å²) in [6.45, 7) is 9.76. The topological polar surface area (TPSA) is 43.1 Å². The van der Waals surface area contributed by atoms with Crippen LogP contribution in [0, 0.1) is 6.57 Å². The van der Waals surface area contributed by atoms with Gasteiger partial charge in [0.15, 0.2) is 5.69 Å². The number of methoxy groups -OCH3 is 1. The molecule has 0 bridgehead atoms. The van der Waals surface area contributed by atoms with Gasteiger partial charge in [-0.15, -0.1) is 0 Å². The molecule has 0 atom stereocenters. The van der Waals surface area contributed by atoms with Gasteiger partial charge in [0, 0.05) is 18.8 Å². The molecule has 18 heavy (non-hydrogen) atoms. The molecule has 1 fully saturated rings. The Hall–Kier alpha value is -2.06. The monoisotopic (exact) mass is 246 g/mol. The molecular weight excluding hydrogens is 232 g/mol. The number of hydrogen-bond donors (Lipinski definition) is 0. The van der Waals surface area contributed by atoms with Gasteiger partial charge in [-0.3, -0.25) is 0 Å². The quantitative estimate of drug-likeness (QED) is 0.590. The number of morpholine rings is 1.